The molecule has 7 nitrogen and oxygen atoms in total. The van der Waals surface area contributed by atoms with Crippen LogP contribution in [0.15, 0.2) is 42.5 Å². The van der Waals surface area contributed by atoms with E-state index in [1.165, 1.54) is 37.4 Å². The van der Waals surface area contributed by atoms with Gasteiger partial charge < -0.3 is 14.8 Å². The number of amides is 3. The molecule has 0 heterocycles. The summed E-state index contributed by atoms with van der Waals surface area (Å²) in [6, 6.07) is 7.75. The number of benzene rings is 2. The van der Waals surface area contributed by atoms with Crippen molar-refractivity contribution in [2.45, 2.75) is 0 Å². The van der Waals surface area contributed by atoms with Crippen LogP contribution in [0.4, 0.5) is 19.3 Å². The number of imide groups is 1. The minimum absolute atomic E-state index is 0.0518. The first-order valence-electron chi connectivity index (χ1n) is 7.26. The second-order valence-electron chi connectivity index (χ2n) is 4.91. The maximum atomic E-state index is 13.5. The maximum absolute atomic E-state index is 13.5. The highest BCUT2D eigenvalue weighted by Crippen LogP contribution is 2.18. The van der Waals surface area contributed by atoms with E-state index in [1.807, 2.05) is 5.32 Å². The summed E-state index contributed by atoms with van der Waals surface area (Å²) in [4.78, 5) is 34.9. The first-order valence-corrected chi connectivity index (χ1v) is 7.26. The summed E-state index contributed by atoms with van der Waals surface area (Å²) in [5.74, 6) is -3.40. The monoisotopic (exact) mass is 364 g/mol. The molecule has 0 aliphatic rings. The van der Waals surface area contributed by atoms with Crippen molar-refractivity contribution in [3.8, 4) is 5.75 Å². The van der Waals surface area contributed by atoms with Crippen LogP contribution < -0.4 is 15.4 Å². The van der Waals surface area contributed by atoms with Crippen LogP contribution in [0.1, 0.15) is 10.4 Å². The number of ether oxygens (including phenoxy) is 2. The van der Waals surface area contributed by atoms with E-state index in [9.17, 15) is 23.2 Å². The number of nitrogens with one attached hydrogen (secondary N) is 2. The Kier molecular flexibility index (Phi) is 6.20. The summed E-state index contributed by atoms with van der Waals surface area (Å²) in [5.41, 5.74) is -0.254. The van der Waals surface area contributed by atoms with Gasteiger partial charge in [-0.25, -0.2) is 18.4 Å². The summed E-state index contributed by atoms with van der Waals surface area (Å²) in [5, 5.41) is 4.00. The number of halogens is 2. The molecule has 136 valence electrons. The van der Waals surface area contributed by atoms with Gasteiger partial charge in [-0.3, -0.25) is 10.1 Å². The van der Waals surface area contributed by atoms with Crippen molar-refractivity contribution in [1.82, 2.24) is 5.32 Å². The van der Waals surface area contributed by atoms with Gasteiger partial charge in [0.25, 0.3) is 5.91 Å². The first-order chi connectivity index (χ1) is 12.4. The first kappa shape index (κ1) is 18.8. The molecule has 0 aromatic heterocycles. The van der Waals surface area contributed by atoms with Crippen molar-refractivity contribution in [2.75, 3.05) is 19.0 Å². The largest absolute Gasteiger partial charge is 0.494 e. The van der Waals surface area contributed by atoms with Gasteiger partial charge in [0.15, 0.2) is 18.2 Å². The van der Waals surface area contributed by atoms with Gasteiger partial charge in [-0.1, -0.05) is 12.1 Å². The summed E-state index contributed by atoms with van der Waals surface area (Å²) in [6.07, 6.45) is 0. The molecule has 0 saturated carbocycles. The lowest BCUT2D eigenvalue weighted by Crippen LogP contribution is -2.37. The molecule has 0 saturated heterocycles. The zero-order valence-electron chi connectivity index (χ0n) is 13.5. The summed E-state index contributed by atoms with van der Waals surface area (Å²) in [6.45, 7) is -0.781. The molecule has 2 aromatic carbocycles. The third-order valence-corrected chi connectivity index (χ3v) is 3.10. The molecule has 0 atom stereocenters. The third kappa shape index (κ3) is 5.00. The summed E-state index contributed by atoms with van der Waals surface area (Å²) in [7, 11) is 1.27. The molecule has 0 radical (unpaired) electrons. The highest BCUT2D eigenvalue weighted by molar-refractivity contribution is 6.02. The fourth-order valence-corrected chi connectivity index (χ4v) is 1.89. The summed E-state index contributed by atoms with van der Waals surface area (Å²) < 4.78 is 36.3. The number of para-hydroxylation sites is 1. The fraction of sp³-hybridized carbons (Fsp3) is 0.118. The molecule has 0 unspecified atom stereocenters. The van der Waals surface area contributed by atoms with E-state index in [4.69, 9.17) is 4.74 Å². The van der Waals surface area contributed by atoms with E-state index in [0.29, 0.717) is 0 Å². The minimum Gasteiger partial charge on any atom is -0.494 e. The highest BCUT2D eigenvalue weighted by atomic mass is 19.1. The molecule has 0 bridgehead atoms. The van der Waals surface area contributed by atoms with Gasteiger partial charge in [-0.15, -0.1) is 0 Å². The van der Waals surface area contributed by atoms with Crippen molar-refractivity contribution >= 4 is 23.6 Å². The average molecular weight is 364 g/mol. The van der Waals surface area contributed by atoms with E-state index in [2.05, 4.69) is 10.1 Å². The highest BCUT2D eigenvalue weighted by Gasteiger charge is 2.15. The molecule has 2 N–H and O–H groups in total. The molecule has 0 fully saturated rings. The smallest absolute Gasteiger partial charge is 0.338 e. The van der Waals surface area contributed by atoms with E-state index in [0.717, 1.165) is 12.1 Å². The van der Waals surface area contributed by atoms with Crippen LogP contribution >= 0.6 is 0 Å². The lowest BCUT2D eigenvalue weighted by molar-refractivity contribution is -0.123. The van der Waals surface area contributed by atoms with Crippen LogP contribution in [0.3, 0.4) is 0 Å². The Bertz CT molecular complexity index is 842. The van der Waals surface area contributed by atoms with E-state index in [1.54, 1.807) is 0 Å². The molecule has 26 heavy (non-hydrogen) atoms. The number of carbonyl (C=O) groups is 3. The Balaban J connectivity index is 1.84. The lowest BCUT2D eigenvalue weighted by Gasteiger charge is -2.08. The van der Waals surface area contributed by atoms with E-state index >= 15 is 0 Å². The predicted molar refractivity (Wildman–Crippen MR) is 86.8 cm³/mol. The van der Waals surface area contributed by atoms with Gasteiger partial charge in [0.1, 0.15) is 5.82 Å². The topological polar surface area (TPSA) is 93.7 Å². The van der Waals surface area contributed by atoms with Gasteiger partial charge in [0, 0.05) is 0 Å². The Labute approximate surface area is 146 Å². The molecule has 0 aliphatic heterocycles. The van der Waals surface area contributed by atoms with Crippen molar-refractivity contribution in [3.05, 3.63) is 59.7 Å². The van der Waals surface area contributed by atoms with E-state index < -0.39 is 36.1 Å². The average Bonchev–Trinajstić information content (AvgIpc) is 2.61. The Hall–Kier alpha value is -3.49. The molecule has 2 aromatic rings. The minimum atomic E-state index is -0.994. The van der Waals surface area contributed by atoms with Crippen LogP contribution in [-0.4, -0.2) is 31.6 Å². The zero-order chi connectivity index (χ0) is 19.1. The maximum Gasteiger partial charge on any atom is 0.338 e. The Morgan fingerprint density at radius 1 is 1.04 bits per heavy atom. The zero-order valence-corrected chi connectivity index (χ0v) is 13.5. The van der Waals surface area contributed by atoms with Crippen LogP contribution in [0.25, 0.3) is 0 Å². The molecular formula is C17H14F2N2O5. The molecule has 2 rings (SSSR count). The Morgan fingerprint density at radius 3 is 2.42 bits per heavy atom. The number of hydrogen-bond acceptors (Lipinski definition) is 5. The number of carbonyl (C=O) groups excluding carboxylic acids is 3. The Morgan fingerprint density at radius 2 is 1.77 bits per heavy atom. The van der Waals surface area contributed by atoms with Crippen LogP contribution in [0, 0.1) is 11.6 Å². The number of methoxy groups -OCH3 is 1. The fourth-order valence-electron chi connectivity index (χ4n) is 1.89. The van der Waals surface area contributed by atoms with Gasteiger partial charge in [-0.05, 0) is 30.3 Å². The van der Waals surface area contributed by atoms with Gasteiger partial charge >= 0.3 is 12.0 Å². The number of hydrogen-bond donors (Lipinski definition) is 2. The molecule has 3 amide bonds. The van der Waals surface area contributed by atoms with Crippen molar-refractivity contribution < 1.29 is 32.6 Å². The standard InChI is InChI=1S/C17H14F2N2O5/c1-25-14-7-6-10(8-12(14)19)16(23)26-9-15(22)21-17(24)20-13-5-3-2-4-11(13)18/h2-8H,9H2,1H3,(H2,20,21,22,24). The van der Waals surface area contributed by atoms with E-state index in [-0.39, 0.29) is 17.0 Å². The van der Waals surface area contributed by atoms with Gasteiger partial charge in [0.2, 0.25) is 0 Å². The molecular weight excluding hydrogens is 350 g/mol. The number of anilines is 1. The molecule has 0 aliphatic carbocycles. The van der Waals surface area contributed by atoms with Gasteiger partial charge in [-0.2, -0.15) is 0 Å². The van der Waals surface area contributed by atoms with Crippen molar-refractivity contribution in [1.29, 1.82) is 0 Å². The second-order valence-corrected chi connectivity index (χ2v) is 4.91. The van der Waals surface area contributed by atoms with Crippen LogP contribution in [0.5, 0.6) is 5.75 Å². The molecule has 9 heteroatoms. The SMILES string of the molecule is COc1ccc(C(=O)OCC(=O)NC(=O)Nc2ccccc2F)cc1F. The van der Waals surface area contributed by atoms with Crippen molar-refractivity contribution in [3.63, 3.8) is 0 Å². The number of esters is 1. The van der Waals surface area contributed by atoms with Crippen LogP contribution in [-0.2, 0) is 9.53 Å². The second kappa shape index (κ2) is 8.56. The quantitative estimate of drug-likeness (QED) is 0.795. The van der Waals surface area contributed by atoms with Crippen molar-refractivity contribution in [2.24, 2.45) is 0 Å². The molecule has 0 spiro atoms. The number of rotatable bonds is 5. The summed E-state index contributed by atoms with van der Waals surface area (Å²) >= 11 is 0. The van der Waals surface area contributed by atoms with Crippen LogP contribution in [0.2, 0.25) is 0 Å². The third-order valence-electron chi connectivity index (χ3n) is 3.10. The predicted octanol–water partition coefficient (Wildman–Crippen LogP) is 2.48. The normalized spacial score (nSPS) is 9.96. The number of urea groups is 1. The van der Waals surface area contributed by atoms with Gasteiger partial charge in [0.05, 0.1) is 18.4 Å². The lowest BCUT2D eigenvalue weighted by atomic mass is 10.2.